The number of nitrogens with one attached hydrogen (secondary N) is 2. The summed E-state index contributed by atoms with van der Waals surface area (Å²) in [5.41, 5.74) is 7.59. The lowest BCUT2D eigenvalue weighted by Gasteiger charge is -2.20. The molecule has 0 saturated carbocycles. The van der Waals surface area contributed by atoms with Crippen molar-refractivity contribution in [3.63, 3.8) is 0 Å². The van der Waals surface area contributed by atoms with Crippen LogP contribution in [-0.2, 0) is 6.54 Å². The van der Waals surface area contributed by atoms with Crippen molar-refractivity contribution in [2.75, 3.05) is 18.9 Å². The highest BCUT2D eigenvalue weighted by atomic mass is 16.3. The number of hydrogen-bond donors (Lipinski definition) is 4. The lowest BCUT2D eigenvalue weighted by Crippen LogP contribution is -2.34. The number of nitrogens with zero attached hydrogens (tertiary/aromatic N) is 3. The van der Waals surface area contributed by atoms with Gasteiger partial charge < -0.3 is 20.7 Å². The predicted octanol–water partition coefficient (Wildman–Crippen LogP) is 1.02. The maximum atomic E-state index is 12.9. The van der Waals surface area contributed by atoms with Crippen LogP contribution in [0.2, 0.25) is 0 Å². The highest BCUT2D eigenvalue weighted by molar-refractivity contribution is 6.01. The van der Waals surface area contributed by atoms with Gasteiger partial charge >= 0.3 is 0 Å². The zero-order valence-electron chi connectivity index (χ0n) is 12.9. The molecule has 2 heterocycles. The maximum Gasteiger partial charge on any atom is 0.273 e. The molecule has 24 heavy (non-hydrogen) atoms. The van der Waals surface area contributed by atoms with Crippen molar-refractivity contribution in [3.05, 3.63) is 54.2 Å². The number of aliphatic hydroxyl groups excluding tert-OH is 1. The van der Waals surface area contributed by atoms with Gasteiger partial charge in [-0.15, -0.1) is 0 Å². The highest BCUT2D eigenvalue weighted by Crippen LogP contribution is 2.28. The van der Waals surface area contributed by atoms with Gasteiger partial charge in [0.15, 0.2) is 5.82 Å². The average Bonchev–Trinajstić information content (AvgIpc) is 3.24. The van der Waals surface area contributed by atoms with Crippen molar-refractivity contribution in [2.45, 2.75) is 6.54 Å². The number of rotatable bonds is 6. The van der Waals surface area contributed by atoms with Crippen LogP contribution < -0.4 is 5.73 Å². The van der Waals surface area contributed by atoms with E-state index in [0.29, 0.717) is 17.1 Å². The molecule has 0 saturated heterocycles. The topological polar surface area (TPSA) is 124 Å². The number of anilines is 1. The predicted molar refractivity (Wildman–Crippen MR) is 88.9 cm³/mol. The average molecular weight is 326 g/mol. The molecule has 0 unspecified atom stereocenters. The third-order valence-corrected chi connectivity index (χ3v) is 3.62. The van der Waals surface area contributed by atoms with Crippen LogP contribution >= 0.6 is 0 Å². The summed E-state index contributed by atoms with van der Waals surface area (Å²) in [4.78, 5) is 21.5. The Balaban J connectivity index is 1.93. The number of imidazole rings is 1. The third kappa shape index (κ3) is 3.13. The van der Waals surface area contributed by atoms with Crippen LogP contribution in [0.5, 0.6) is 0 Å². The molecule has 0 aliphatic rings. The summed E-state index contributed by atoms with van der Waals surface area (Å²) in [6.07, 6.45) is 3.29. The van der Waals surface area contributed by atoms with E-state index in [1.807, 2.05) is 30.3 Å². The number of benzene rings is 1. The Hall–Kier alpha value is -3.13. The Morgan fingerprint density at radius 3 is 2.75 bits per heavy atom. The molecule has 0 fully saturated rings. The molecule has 8 nitrogen and oxygen atoms in total. The Kier molecular flexibility index (Phi) is 4.57. The third-order valence-electron chi connectivity index (χ3n) is 3.62. The van der Waals surface area contributed by atoms with E-state index in [2.05, 4.69) is 20.2 Å². The van der Waals surface area contributed by atoms with Crippen molar-refractivity contribution < 1.29 is 9.90 Å². The lowest BCUT2D eigenvalue weighted by atomic mass is 10.0. The maximum absolute atomic E-state index is 12.9. The summed E-state index contributed by atoms with van der Waals surface area (Å²) in [6, 6.07) is 9.34. The fourth-order valence-electron chi connectivity index (χ4n) is 2.50. The molecule has 0 bridgehead atoms. The molecular formula is C16H18N6O2. The van der Waals surface area contributed by atoms with Gasteiger partial charge in [0.2, 0.25) is 0 Å². The lowest BCUT2D eigenvalue weighted by molar-refractivity contribution is 0.0698. The number of hydrogen-bond acceptors (Lipinski definition) is 5. The van der Waals surface area contributed by atoms with Crippen LogP contribution in [0, 0.1) is 0 Å². The highest BCUT2D eigenvalue weighted by Gasteiger charge is 2.24. The summed E-state index contributed by atoms with van der Waals surface area (Å²) in [5, 5.41) is 16.0. The number of H-pyrrole nitrogens is 2. The number of nitrogen functional groups attached to an aromatic ring is 1. The summed E-state index contributed by atoms with van der Waals surface area (Å²) < 4.78 is 0. The molecule has 1 aromatic carbocycles. The fraction of sp³-hybridized carbons (Fsp3) is 0.188. The SMILES string of the molecule is Nc1n[nH]c(C(=O)N(CCO)Cc2ncc[nH]2)c1-c1ccccc1. The summed E-state index contributed by atoms with van der Waals surface area (Å²) in [6.45, 7) is 0.267. The number of aliphatic hydroxyl groups is 1. The molecule has 8 heteroatoms. The van der Waals surface area contributed by atoms with Gasteiger partial charge in [0.25, 0.3) is 5.91 Å². The second-order valence-electron chi connectivity index (χ2n) is 5.21. The van der Waals surface area contributed by atoms with Crippen LogP contribution in [-0.4, -0.2) is 49.2 Å². The van der Waals surface area contributed by atoms with Crippen LogP contribution in [0.1, 0.15) is 16.3 Å². The van der Waals surface area contributed by atoms with Crippen molar-refractivity contribution in [3.8, 4) is 11.1 Å². The number of carbonyl (C=O) groups excluding carboxylic acids is 1. The van der Waals surface area contributed by atoms with Crippen LogP contribution in [0.3, 0.4) is 0 Å². The van der Waals surface area contributed by atoms with Crippen molar-refractivity contribution in [2.24, 2.45) is 0 Å². The summed E-state index contributed by atoms with van der Waals surface area (Å²) in [7, 11) is 0. The zero-order chi connectivity index (χ0) is 16.9. The minimum absolute atomic E-state index is 0.156. The van der Waals surface area contributed by atoms with Gasteiger partial charge in [-0.3, -0.25) is 9.89 Å². The Morgan fingerprint density at radius 2 is 2.08 bits per heavy atom. The molecule has 0 aliphatic carbocycles. The first kappa shape index (κ1) is 15.8. The number of aromatic nitrogens is 4. The van der Waals surface area contributed by atoms with Gasteiger partial charge in [0, 0.05) is 18.9 Å². The van der Waals surface area contributed by atoms with Gasteiger partial charge in [-0.1, -0.05) is 30.3 Å². The van der Waals surface area contributed by atoms with Gasteiger partial charge in [-0.25, -0.2) is 4.98 Å². The first-order valence-electron chi connectivity index (χ1n) is 7.48. The molecule has 0 atom stereocenters. The summed E-state index contributed by atoms with van der Waals surface area (Å²) in [5.74, 6) is 0.584. The van der Waals surface area contributed by atoms with Crippen LogP contribution in [0.15, 0.2) is 42.7 Å². The molecule has 1 amide bonds. The van der Waals surface area contributed by atoms with Crippen LogP contribution in [0.4, 0.5) is 5.82 Å². The van der Waals surface area contributed by atoms with Crippen molar-refractivity contribution in [1.29, 1.82) is 0 Å². The Labute approximate surface area is 138 Å². The van der Waals surface area contributed by atoms with E-state index in [4.69, 9.17) is 5.73 Å². The molecule has 3 rings (SSSR count). The number of nitrogens with two attached hydrogens (primary N) is 1. The van der Waals surface area contributed by atoms with Gasteiger partial charge in [-0.2, -0.15) is 5.10 Å². The number of carbonyl (C=O) groups is 1. The number of aromatic amines is 2. The van der Waals surface area contributed by atoms with E-state index in [1.165, 1.54) is 4.90 Å². The second-order valence-corrected chi connectivity index (χ2v) is 5.21. The van der Waals surface area contributed by atoms with E-state index in [1.54, 1.807) is 12.4 Å². The number of amides is 1. The normalized spacial score (nSPS) is 10.7. The molecule has 5 N–H and O–H groups in total. The van der Waals surface area contributed by atoms with E-state index in [9.17, 15) is 9.90 Å². The van der Waals surface area contributed by atoms with Crippen molar-refractivity contribution in [1.82, 2.24) is 25.1 Å². The first-order valence-corrected chi connectivity index (χ1v) is 7.48. The molecule has 2 aromatic heterocycles. The van der Waals surface area contributed by atoms with Crippen LogP contribution in [0.25, 0.3) is 11.1 Å². The van der Waals surface area contributed by atoms with E-state index < -0.39 is 0 Å². The molecule has 0 radical (unpaired) electrons. The Bertz CT molecular complexity index is 797. The largest absolute Gasteiger partial charge is 0.395 e. The standard InChI is InChI=1S/C16H18N6O2/c17-15-13(11-4-2-1-3-5-11)14(20-21-15)16(24)22(8-9-23)10-12-18-6-7-19-12/h1-7,23H,8-10H2,(H,18,19)(H3,17,20,21). The van der Waals surface area contributed by atoms with Gasteiger partial charge in [-0.05, 0) is 5.56 Å². The molecule has 3 aromatic rings. The first-order chi connectivity index (χ1) is 11.7. The molecule has 0 aliphatic heterocycles. The summed E-state index contributed by atoms with van der Waals surface area (Å²) >= 11 is 0. The van der Waals surface area contributed by atoms with Gasteiger partial charge in [0.05, 0.1) is 18.7 Å². The smallest absolute Gasteiger partial charge is 0.273 e. The monoisotopic (exact) mass is 326 g/mol. The second kappa shape index (κ2) is 6.97. The minimum Gasteiger partial charge on any atom is -0.395 e. The van der Waals surface area contributed by atoms with Gasteiger partial charge in [0.1, 0.15) is 11.5 Å². The fourth-order valence-corrected chi connectivity index (χ4v) is 2.50. The molecule has 124 valence electrons. The minimum atomic E-state index is -0.302. The Morgan fingerprint density at radius 1 is 1.29 bits per heavy atom. The van der Waals surface area contributed by atoms with E-state index in [0.717, 1.165) is 5.56 Å². The molecular weight excluding hydrogens is 308 g/mol. The van der Waals surface area contributed by atoms with E-state index >= 15 is 0 Å². The van der Waals surface area contributed by atoms with Crippen molar-refractivity contribution >= 4 is 11.7 Å². The quantitative estimate of drug-likeness (QED) is 0.538. The zero-order valence-corrected chi connectivity index (χ0v) is 12.9. The molecule has 0 spiro atoms. The van der Waals surface area contributed by atoms with E-state index in [-0.39, 0.29) is 31.4 Å².